The maximum Gasteiger partial charge on any atom is 0.346 e. The number of hydrogen-bond acceptors (Lipinski definition) is 5. The molecule has 1 saturated heterocycles. The molecule has 3 aromatic rings. The summed E-state index contributed by atoms with van der Waals surface area (Å²) in [4.78, 5) is 14.2. The number of benzene rings is 2. The molecule has 4 rings (SSSR count). The first-order chi connectivity index (χ1) is 13.2. The van der Waals surface area contributed by atoms with Crippen LogP contribution in [-0.2, 0) is 11.2 Å². The van der Waals surface area contributed by atoms with Crippen LogP contribution in [0.3, 0.4) is 0 Å². The number of carboxylic acids is 1. The summed E-state index contributed by atoms with van der Waals surface area (Å²) in [5, 5.41) is 22.5. The Balaban J connectivity index is 1.76. The first-order valence-corrected chi connectivity index (χ1v) is 9.58. The predicted molar refractivity (Wildman–Crippen MR) is 106 cm³/mol. The van der Waals surface area contributed by atoms with Crippen molar-refractivity contribution in [1.29, 1.82) is 5.26 Å². The van der Waals surface area contributed by atoms with Crippen molar-refractivity contribution in [2.75, 3.05) is 31.2 Å². The van der Waals surface area contributed by atoms with Gasteiger partial charge in [-0.3, -0.25) is 0 Å². The fourth-order valence-corrected chi connectivity index (χ4v) is 4.61. The number of carboxylic acid groups (broad SMARTS) is 1. The highest BCUT2D eigenvalue weighted by molar-refractivity contribution is 7.18. The highest BCUT2D eigenvalue weighted by Crippen LogP contribution is 2.37. The number of hydrogen-bond donors (Lipinski definition) is 1. The number of carbonyl (C=O) groups is 1. The van der Waals surface area contributed by atoms with Gasteiger partial charge in [-0.1, -0.05) is 42.5 Å². The molecule has 0 unspecified atom stereocenters. The number of thiophene rings is 1. The second kappa shape index (κ2) is 7.39. The lowest BCUT2D eigenvalue weighted by Gasteiger charge is -2.27. The Morgan fingerprint density at radius 1 is 1.19 bits per heavy atom. The van der Waals surface area contributed by atoms with E-state index in [1.165, 1.54) is 11.3 Å². The van der Waals surface area contributed by atoms with Gasteiger partial charge in [0.1, 0.15) is 15.9 Å². The molecule has 0 aliphatic carbocycles. The van der Waals surface area contributed by atoms with Gasteiger partial charge in [0.2, 0.25) is 0 Å². The lowest BCUT2D eigenvalue weighted by Crippen LogP contribution is -2.36. The van der Waals surface area contributed by atoms with Crippen molar-refractivity contribution in [3.05, 3.63) is 64.0 Å². The molecule has 6 heteroatoms. The van der Waals surface area contributed by atoms with Crippen molar-refractivity contribution in [2.45, 2.75) is 6.42 Å². The Morgan fingerprint density at radius 2 is 1.93 bits per heavy atom. The molecule has 27 heavy (non-hydrogen) atoms. The molecular formula is C21H18N2O3S. The molecule has 1 aromatic heterocycles. The van der Waals surface area contributed by atoms with Gasteiger partial charge >= 0.3 is 5.97 Å². The summed E-state index contributed by atoms with van der Waals surface area (Å²) < 4.78 is 5.38. The van der Waals surface area contributed by atoms with Crippen molar-refractivity contribution in [3.63, 3.8) is 0 Å². The summed E-state index contributed by atoms with van der Waals surface area (Å²) >= 11 is 1.20. The molecule has 2 heterocycles. The van der Waals surface area contributed by atoms with Crippen LogP contribution in [0.4, 0.5) is 5.00 Å². The molecule has 0 atom stereocenters. The van der Waals surface area contributed by atoms with E-state index in [9.17, 15) is 15.2 Å². The average molecular weight is 378 g/mol. The number of ether oxygens (including phenoxy) is 1. The zero-order chi connectivity index (χ0) is 18.8. The van der Waals surface area contributed by atoms with Gasteiger partial charge in [0.05, 0.1) is 18.8 Å². The van der Waals surface area contributed by atoms with Gasteiger partial charge in [0.25, 0.3) is 0 Å². The number of nitrogens with zero attached hydrogens (tertiary/aromatic N) is 2. The van der Waals surface area contributed by atoms with Crippen LogP contribution in [0.15, 0.2) is 42.5 Å². The molecule has 136 valence electrons. The summed E-state index contributed by atoms with van der Waals surface area (Å²) in [5.41, 5.74) is 2.08. The summed E-state index contributed by atoms with van der Waals surface area (Å²) in [6.45, 7) is 2.52. The third kappa shape index (κ3) is 3.39. The zero-order valence-corrected chi connectivity index (χ0v) is 15.5. The smallest absolute Gasteiger partial charge is 0.346 e. The third-order valence-corrected chi connectivity index (χ3v) is 6.07. The van der Waals surface area contributed by atoms with Crippen LogP contribution in [0.5, 0.6) is 0 Å². The van der Waals surface area contributed by atoms with Crippen molar-refractivity contribution >= 4 is 33.1 Å². The zero-order valence-electron chi connectivity index (χ0n) is 14.6. The van der Waals surface area contributed by atoms with E-state index in [4.69, 9.17) is 4.74 Å². The molecule has 0 bridgehead atoms. The van der Waals surface area contributed by atoms with Crippen LogP contribution in [0.1, 0.15) is 26.4 Å². The predicted octanol–water partition coefficient (Wildman–Crippen LogP) is 3.90. The Bertz CT molecular complexity index is 1050. The number of rotatable bonds is 4. The first kappa shape index (κ1) is 17.5. The first-order valence-electron chi connectivity index (χ1n) is 8.77. The van der Waals surface area contributed by atoms with Crippen molar-refractivity contribution in [2.24, 2.45) is 0 Å². The number of fused-ring (bicyclic) bond motifs is 1. The SMILES string of the molecule is N#Cc1c(N2CCOCC2)sc(C(=O)O)c1Cc1ccc2ccccc2c1. The number of morpholine rings is 1. The van der Waals surface area contributed by atoms with Gasteiger partial charge in [-0.2, -0.15) is 5.26 Å². The summed E-state index contributed by atoms with van der Waals surface area (Å²) in [5.74, 6) is -0.980. The molecule has 1 fully saturated rings. The van der Waals surface area contributed by atoms with Crippen molar-refractivity contribution < 1.29 is 14.6 Å². The van der Waals surface area contributed by atoms with E-state index in [1.807, 2.05) is 36.4 Å². The highest BCUT2D eigenvalue weighted by Gasteiger charge is 2.26. The Morgan fingerprint density at radius 3 is 2.63 bits per heavy atom. The van der Waals surface area contributed by atoms with Gasteiger partial charge in [-0.15, -0.1) is 11.3 Å². The third-order valence-electron chi connectivity index (χ3n) is 4.79. The van der Waals surface area contributed by atoms with Gasteiger partial charge in [0.15, 0.2) is 0 Å². The van der Waals surface area contributed by atoms with Crippen LogP contribution in [-0.4, -0.2) is 37.4 Å². The Kier molecular flexibility index (Phi) is 4.80. The van der Waals surface area contributed by atoms with E-state index in [1.54, 1.807) is 0 Å². The van der Waals surface area contributed by atoms with E-state index in [2.05, 4.69) is 17.0 Å². The van der Waals surface area contributed by atoms with Crippen LogP contribution in [0, 0.1) is 11.3 Å². The molecule has 1 aliphatic heterocycles. The summed E-state index contributed by atoms with van der Waals surface area (Å²) in [7, 11) is 0. The number of anilines is 1. The molecular weight excluding hydrogens is 360 g/mol. The van der Waals surface area contributed by atoms with E-state index in [-0.39, 0.29) is 4.88 Å². The van der Waals surface area contributed by atoms with Crippen molar-refractivity contribution in [3.8, 4) is 6.07 Å². The van der Waals surface area contributed by atoms with Crippen LogP contribution >= 0.6 is 11.3 Å². The van der Waals surface area contributed by atoms with Gasteiger partial charge in [-0.25, -0.2) is 4.79 Å². The second-order valence-electron chi connectivity index (χ2n) is 6.46. The Hall–Kier alpha value is -2.88. The topological polar surface area (TPSA) is 73.6 Å². The van der Waals surface area contributed by atoms with Crippen molar-refractivity contribution in [1.82, 2.24) is 0 Å². The summed E-state index contributed by atoms with van der Waals surface area (Å²) in [6.07, 6.45) is 0.427. The normalized spacial score (nSPS) is 14.3. The van der Waals surface area contributed by atoms with E-state index < -0.39 is 5.97 Å². The van der Waals surface area contributed by atoms with Crippen LogP contribution < -0.4 is 4.90 Å². The maximum atomic E-state index is 11.8. The van der Waals surface area contributed by atoms with Gasteiger partial charge in [-0.05, 0) is 16.3 Å². The largest absolute Gasteiger partial charge is 0.477 e. The van der Waals surface area contributed by atoms with E-state index >= 15 is 0 Å². The minimum atomic E-state index is -0.980. The minimum Gasteiger partial charge on any atom is -0.477 e. The molecule has 0 spiro atoms. The lowest BCUT2D eigenvalue weighted by atomic mass is 9.99. The van der Waals surface area contributed by atoms with E-state index in [0.29, 0.717) is 43.9 Å². The second-order valence-corrected chi connectivity index (χ2v) is 7.46. The highest BCUT2D eigenvalue weighted by atomic mass is 32.1. The molecule has 2 aromatic carbocycles. The van der Waals surface area contributed by atoms with Crippen LogP contribution in [0.25, 0.3) is 10.8 Å². The quantitative estimate of drug-likeness (QED) is 0.745. The average Bonchev–Trinajstić information content (AvgIpc) is 3.07. The molecule has 0 saturated carbocycles. The van der Waals surface area contributed by atoms with Crippen LogP contribution in [0.2, 0.25) is 0 Å². The maximum absolute atomic E-state index is 11.8. The number of nitriles is 1. The fourth-order valence-electron chi connectivity index (χ4n) is 3.45. The molecule has 0 amide bonds. The van der Waals surface area contributed by atoms with E-state index in [0.717, 1.165) is 21.3 Å². The lowest BCUT2D eigenvalue weighted by molar-refractivity contribution is 0.0701. The fraction of sp³-hybridized carbons (Fsp3) is 0.238. The number of aromatic carboxylic acids is 1. The summed E-state index contributed by atoms with van der Waals surface area (Å²) in [6, 6.07) is 16.4. The molecule has 1 N–H and O–H groups in total. The minimum absolute atomic E-state index is 0.251. The standard InChI is InChI=1S/C21H18N2O3S/c22-13-18-17(12-14-5-6-15-3-1-2-4-16(15)11-14)19(21(24)25)27-20(18)23-7-9-26-10-8-23/h1-6,11H,7-10,12H2,(H,24,25). The molecule has 5 nitrogen and oxygen atoms in total. The monoisotopic (exact) mass is 378 g/mol. The van der Waals surface area contributed by atoms with Gasteiger partial charge < -0.3 is 14.7 Å². The Labute approximate surface area is 161 Å². The molecule has 0 radical (unpaired) electrons. The molecule has 1 aliphatic rings. The van der Waals surface area contributed by atoms with Gasteiger partial charge in [0, 0.05) is 25.1 Å².